The fraction of sp³-hybridized carbons (Fsp3) is 0.565. The van der Waals surface area contributed by atoms with Gasteiger partial charge < -0.3 is 9.64 Å². The minimum absolute atomic E-state index is 0.0284. The molecule has 0 saturated carbocycles. The van der Waals surface area contributed by atoms with Crippen LogP contribution in [0, 0.1) is 5.92 Å². The largest absolute Gasteiger partial charge is 0.451 e. The fourth-order valence-electron chi connectivity index (χ4n) is 3.86. The standard InChI is InChI=1S/C23H32N2O5/c1-13(2)12-19(25-21(27)17-10-8-9-11-18(17)22(25)28)23(29)30-16(7)20(26)24(14(3)4)15(5)6/h8-11,13-16,19H,12H2,1-7H3/t16-,19+/m1/s1. The van der Waals surface area contributed by atoms with E-state index >= 15 is 0 Å². The number of nitrogens with zero attached hydrogens (tertiary/aromatic N) is 2. The molecule has 164 valence electrons. The van der Waals surface area contributed by atoms with Crippen molar-refractivity contribution >= 4 is 23.7 Å². The third-order valence-corrected chi connectivity index (χ3v) is 5.11. The molecule has 1 aromatic carbocycles. The molecular formula is C23H32N2O5. The van der Waals surface area contributed by atoms with Gasteiger partial charge in [0.05, 0.1) is 11.1 Å². The summed E-state index contributed by atoms with van der Waals surface area (Å²) in [6.07, 6.45) is -0.768. The molecule has 0 aliphatic carbocycles. The van der Waals surface area contributed by atoms with Crippen LogP contribution in [0.15, 0.2) is 24.3 Å². The Morgan fingerprint density at radius 1 is 0.900 bits per heavy atom. The van der Waals surface area contributed by atoms with Crippen LogP contribution in [0.2, 0.25) is 0 Å². The van der Waals surface area contributed by atoms with Gasteiger partial charge in [-0.15, -0.1) is 0 Å². The number of esters is 1. The summed E-state index contributed by atoms with van der Waals surface area (Å²) in [5.74, 6) is -2.04. The van der Waals surface area contributed by atoms with Crippen molar-refractivity contribution in [3.8, 4) is 0 Å². The monoisotopic (exact) mass is 416 g/mol. The maximum Gasteiger partial charge on any atom is 0.330 e. The van der Waals surface area contributed by atoms with Gasteiger partial charge in [-0.05, 0) is 59.1 Å². The maximum atomic E-state index is 13.0. The van der Waals surface area contributed by atoms with Crippen LogP contribution < -0.4 is 0 Å². The van der Waals surface area contributed by atoms with Crippen LogP contribution in [0.5, 0.6) is 0 Å². The van der Waals surface area contributed by atoms with Crippen molar-refractivity contribution in [2.45, 2.75) is 79.1 Å². The minimum Gasteiger partial charge on any atom is -0.451 e. The lowest BCUT2D eigenvalue weighted by Crippen LogP contribution is -2.50. The van der Waals surface area contributed by atoms with Crippen molar-refractivity contribution in [2.75, 3.05) is 0 Å². The van der Waals surface area contributed by atoms with Crippen LogP contribution in [-0.2, 0) is 14.3 Å². The topological polar surface area (TPSA) is 84.0 Å². The predicted molar refractivity (Wildman–Crippen MR) is 113 cm³/mol. The molecule has 1 heterocycles. The highest BCUT2D eigenvalue weighted by atomic mass is 16.5. The van der Waals surface area contributed by atoms with Crippen molar-refractivity contribution in [3.63, 3.8) is 0 Å². The summed E-state index contributed by atoms with van der Waals surface area (Å²) in [5, 5.41) is 0. The fourth-order valence-corrected chi connectivity index (χ4v) is 3.86. The lowest BCUT2D eigenvalue weighted by molar-refractivity contribution is -0.164. The molecule has 1 aliphatic heterocycles. The number of amides is 3. The first kappa shape index (κ1) is 23.6. The van der Waals surface area contributed by atoms with Gasteiger partial charge in [-0.1, -0.05) is 26.0 Å². The van der Waals surface area contributed by atoms with E-state index in [0.717, 1.165) is 4.90 Å². The molecule has 0 radical (unpaired) electrons. The Morgan fingerprint density at radius 3 is 1.77 bits per heavy atom. The number of fused-ring (bicyclic) bond motifs is 1. The van der Waals surface area contributed by atoms with Gasteiger partial charge in [0.1, 0.15) is 6.04 Å². The first-order valence-corrected chi connectivity index (χ1v) is 10.5. The van der Waals surface area contributed by atoms with Crippen molar-refractivity contribution in [1.82, 2.24) is 9.80 Å². The van der Waals surface area contributed by atoms with Crippen LogP contribution in [0.3, 0.4) is 0 Å². The molecule has 0 saturated heterocycles. The van der Waals surface area contributed by atoms with Gasteiger partial charge in [0.2, 0.25) is 0 Å². The Bertz CT molecular complexity index is 788. The molecule has 30 heavy (non-hydrogen) atoms. The van der Waals surface area contributed by atoms with Gasteiger partial charge in [-0.3, -0.25) is 19.3 Å². The molecule has 0 bridgehead atoms. The van der Waals surface area contributed by atoms with E-state index in [-0.39, 0.29) is 41.5 Å². The highest BCUT2D eigenvalue weighted by Crippen LogP contribution is 2.27. The first-order valence-electron chi connectivity index (χ1n) is 10.5. The number of benzene rings is 1. The number of rotatable bonds is 8. The van der Waals surface area contributed by atoms with E-state index in [1.807, 2.05) is 41.5 Å². The second kappa shape index (κ2) is 9.41. The summed E-state index contributed by atoms with van der Waals surface area (Å²) in [6, 6.07) is 5.31. The van der Waals surface area contributed by atoms with Crippen molar-refractivity contribution < 1.29 is 23.9 Å². The highest BCUT2D eigenvalue weighted by Gasteiger charge is 2.44. The molecule has 2 rings (SSSR count). The summed E-state index contributed by atoms with van der Waals surface area (Å²) in [5.41, 5.74) is 0.554. The molecular weight excluding hydrogens is 384 g/mol. The number of carbonyl (C=O) groups excluding carboxylic acids is 4. The van der Waals surface area contributed by atoms with Crippen LogP contribution in [0.25, 0.3) is 0 Å². The first-order chi connectivity index (χ1) is 14.0. The summed E-state index contributed by atoms with van der Waals surface area (Å²) in [6.45, 7) is 12.9. The Morgan fingerprint density at radius 2 is 1.37 bits per heavy atom. The lowest BCUT2D eigenvalue weighted by atomic mass is 10.0. The molecule has 1 aliphatic rings. The molecule has 2 atom stereocenters. The molecule has 7 heteroatoms. The van der Waals surface area contributed by atoms with Gasteiger partial charge in [-0.25, -0.2) is 4.79 Å². The Labute approximate surface area is 178 Å². The average molecular weight is 417 g/mol. The second-order valence-corrected chi connectivity index (χ2v) is 8.68. The normalized spacial score (nSPS) is 15.6. The summed E-state index contributed by atoms with van der Waals surface area (Å²) < 4.78 is 5.49. The zero-order chi connectivity index (χ0) is 22.7. The van der Waals surface area contributed by atoms with Crippen molar-refractivity contribution in [3.05, 3.63) is 35.4 Å². The molecule has 0 aromatic heterocycles. The van der Waals surface area contributed by atoms with E-state index in [2.05, 4.69) is 0 Å². The quantitative estimate of drug-likeness (QED) is 0.480. The number of ether oxygens (including phenoxy) is 1. The number of hydrogen-bond acceptors (Lipinski definition) is 5. The number of hydrogen-bond donors (Lipinski definition) is 0. The highest BCUT2D eigenvalue weighted by molar-refractivity contribution is 6.22. The van der Waals surface area contributed by atoms with E-state index in [1.165, 1.54) is 6.92 Å². The number of carbonyl (C=O) groups is 4. The molecule has 0 fully saturated rings. The summed E-state index contributed by atoms with van der Waals surface area (Å²) >= 11 is 0. The van der Waals surface area contributed by atoms with Gasteiger partial charge in [-0.2, -0.15) is 0 Å². The van der Waals surface area contributed by atoms with Crippen LogP contribution in [-0.4, -0.2) is 57.7 Å². The molecule has 1 aromatic rings. The van der Waals surface area contributed by atoms with E-state index in [4.69, 9.17) is 4.74 Å². The van der Waals surface area contributed by atoms with Gasteiger partial charge in [0, 0.05) is 12.1 Å². The van der Waals surface area contributed by atoms with Crippen molar-refractivity contribution in [2.24, 2.45) is 5.92 Å². The Hall–Kier alpha value is -2.70. The van der Waals surface area contributed by atoms with Crippen LogP contribution >= 0.6 is 0 Å². The van der Waals surface area contributed by atoms with Crippen LogP contribution in [0.4, 0.5) is 0 Å². The molecule has 7 nitrogen and oxygen atoms in total. The van der Waals surface area contributed by atoms with Gasteiger partial charge >= 0.3 is 5.97 Å². The van der Waals surface area contributed by atoms with E-state index in [0.29, 0.717) is 0 Å². The third-order valence-electron chi connectivity index (χ3n) is 5.11. The van der Waals surface area contributed by atoms with Gasteiger partial charge in [0.25, 0.3) is 17.7 Å². The zero-order valence-electron chi connectivity index (χ0n) is 18.8. The average Bonchev–Trinajstić information content (AvgIpc) is 2.90. The third kappa shape index (κ3) is 4.71. The summed E-state index contributed by atoms with van der Waals surface area (Å²) in [4.78, 5) is 54.2. The van der Waals surface area contributed by atoms with E-state index < -0.39 is 29.9 Å². The summed E-state index contributed by atoms with van der Waals surface area (Å²) in [7, 11) is 0. The Kier molecular flexibility index (Phi) is 7.39. The smallest absolute Gasteiger partial charge is 0.330 e. The molecule has 0 spiro atoms. The van der Waals surface area contributed by atoms with Crippen molar-refractivity contribution in [1.29, 1.82) is 0 Å². The minimum atomic E-state index is -1.08. The maximum absolute atomic E-state index is 13.0. The predicted octanol–water partition coefficient (Wildman–Crippen LogP) is 3.27. The van der Waals surface area contributed by atoms with E-state index in [9.17, 15) is 19.2 Å². The second-order valence-electron chi connectivity index (χ2n) is 8.68. The molecule has 0 unspecified atom stereocenters. The lowest BCUT2D eigenvalue weighted by Gasteiger charge is -2.33. The zero-order valence-corrected chi connectivity index (χ0v) is 18.8. The Balaban J connectivity index is 2.26. The van der Waals surface area contributed by atoms with Gasteiger partial charge in [0.15, 0.2) is 6.10 Å². The number of imide groups is 1. The SMILES string of the molecule is CC(C)C[C@@H](C(=O)O[C@H](C)C(=O)N(C(C)C)C(C)C)N1C(=O)c2ccccc2C1=O. The molecule has 0 N–H and O–H groups in total. The van der Waals surface area contributed by atoms with E-state index in [1.54, 1.807) is 29.2 Å². The molecule has 3 amide bonds. The van der Waals surface area contributed by atoms with Crippen LogP contribution in [0.1, 0.15) is 75.6 Å².